The molecule has 10 nitrogen and oxygen atoms in total. The van der Waals surface area contributed by atoms with Gasteiger partial charge in [-0.05, 0) is 42.5 Å². The van der Waals surface area contributed by atoms with Gasteiger partial charge in [-0.2, -0.15) is 5.10 Å². The van der Waals surface area contributed by atoms with E-state index in [-0.39, 0.29) is 35.3 Å². The minimum atomic E-state index is -0.355. The zero-order chi connectivity index (χ0) is 32.4. The number of para-hydroxylation sites is 1. The third-order valence-electron chi connectivity index (χ3n) is 8.32. The smallest absolute Gasteiger partial charge is 0.242 e. The number of halogens is 1. The topological polar surface area (TPSA) is 97.2 Å². The van der Waals surface area contributed by atoms with Crippen LogP contribution in [0.3, 0.4) is 0 Å². The zero-order valence-electron chi connectivity index (χ0n) is 25.8. The Bertz CT molecular complexity index is 1750. The first-order valence-electron chi connectivity index (χ1n) is 14.9. The van der Waals surface area contributed by atoms with Gasteiger partial charge in [0.15, 0.2) is 0 Å². The molecule has 238 valence electrons. The van der Waals surface area contributed by atoms with Crippen LogP contribution in [0.4, 0.5) is 5.82 Å². The first-order valence-corrected chi connectivity index (χ1v) is 16.3. The second-order valence-electron chi connectivity index (χ2n) is 11.0. The molecule has 0 saturated carbocycles. The van der Waals surface area contributed by atoms with Gasteiger partial charge in [0.2, 0.25) is 17.7 Å². The molecule has 1 aromatic heterocycles. The van der Waals surface area contributed by atoms with Crippen molar-refractivity contribution < 1.29 is 23.9 Å². The van der Waals surface area contributed by atoms with Gasteiger partial charge in [0, 0.05) is 54.8 Å². The quantitative estimate of drug-likeness (QED) is 0.273. The number of nitrogens with zero attached hydrogens (tertiary/aromatic N) is 5. The van der Waals surface area contributed by atoms with Crippen molar-refractivity contribution >= 4 is 46.9 Å². The van der Waals surface area contributed by atoms with Crippen molar-refractivity contribution in [1.29, 1.82) is 0 Å². The Hall–Kier alpha value is -4.48. The molecule has 3 amide bonds. The standard InChI is InChI=1S/C34H34ClN5O5S/c1-22(41)37-16-18-38(19-17-37)29(42)20-39-30(43)21-46-33(27-6-4-5-7-28(27)45-3)31-32(23-8-10-24(35)11-9-23)36-40(34(31)39)25-12-14-26(44-2)15-13-25/h4-15,33H,16-21H2,1-3H3. The molecule has 46 heavy (non-hydrogen) atoms. The highest BCUT2D eigenvalue weighted by atomic mass is 35.5. The number of amides is 3. The molecule has 2 aliphatic rings. The van der Waals surface area contributed by atoms with E-state index < -0.39 is 0 Å². The number of piperazine rings is 1. The lowest BCUT2D eigenvalue weighted by Gasteiger charge is -2.35. The zero-order valence-corrected chi connectivity index (χ0v) is 27.4. The van der Waals surface area contributed by atoms with Crippen LogP contribution in [-0.2, 0) is 14.4 Å². The molecule has 1 unspecified atom stereocenters. The number of rotatable bonds is 7. The average molecular weight is 660 g/mol. The molecule has 12 heteroatoms. The summed E-state index contributed by atoms with van der Waals surface area (Å²) in [6, 6.07) is 22.6. The number of carbonyl (C=O) groups is 3. The number of thioether (sulfide) groups is 1. The van der Waals surface area contributed by atoms with E-state index in [2.05, 4.69) is 0 Å². The SMILES string of the molecule is COc1ccc(-n2nc(-c3ccc(Cl)cc3)c3c2N(CC(=O)N2CCN(C(C)=O)CC2)C(=O)CSC3c2ccccc2OC)cc1. The summed E-state index contributed by atoms with van der Waals surface area (Å²) < 4.78 is 12.9. The molecule has 3 aromatic carbocycles. The Morgan fingerprint density at radius 1 is 0.913 bits per heavy atom. The Morgan fingerprint density at radius 3 is 2.24 bits per heavy atom. The fourth-order valence-corrected chi connectivity index (χ4v) is 7.23. The molecule has 6 rings (SSSR count). The molecule has 2 aliphatic heterocycles. The highest BCUT2D eigenvalue weighted by Crippen LogP contribution is 2.50. The van der Waals surface area contributed by atoms with E-state index in [1.807, 2.05) is 72.8 Å². The number of hydrogen-bond acceptors (Lipinski definition) is 7. The second-order valence-corrected chi connectivity index (χ2v) is 12.5. The molecule has 1 fully saturated rings. The predicted octanol–water partition coefficient (Wildman–Crippen LogP) is 5.07. The monoisotopic (exact) mass is 659 g/mol. The Balaban J connectivity index is 1.54. The maximum atomic E-state index is 14.1. The maximum Gasteiger partial charge on any atom is 0.242 e. The summed E-state index contributed by atoms with van der Waals surface area (Å²) in [6.45, 7) is 3.07. The van der Waals surface area contributed by atoms with Gasteiger partial charge in [-0.25, -0.2) is 4.68 Å². The number of benzene rings is 3. The van der Waals surface area contributed by atoms with Crippen LogP contribution in [-0.4, -0.2) is 90.0 Å². The third kappa shape index (κ3) is 6.17. The summed E-state index contributed by atoms with van der Waals surface area (Å²) in [4.78, 5) is 44.9. The van der Waals surface area contributed by atoms with Gasteiger partial charge in [0.05, 0.1) is 36.6 Å². The summed E-state index contributed by atoms with van der Waals surface area (Å²) in [6.07, 6.45) is 0. The largest absolute Gasteiger partial charge is 0.497 e. The summed E-state index contributed by atoms with van der Waals surface area (Å²) >= 11 is 7.76. The lowest BCUT2D eigenvalue weighted by molar-refractivity contribution is -0.137. The van der Waals surface area contributed by atoms with Crippen LogP contribution < -0.4 is 14.4 Å². The first-order chi connectivity index (χ1) is 22.3. The highest BCUT2D eigenvalue weighted by Gasteiger charge is 2.39. The van der Waals surface area contributed by atoms with Gasteiger partial charge in [-0.3, -0.25) is 19.3 Å². The predicted molar refractivity (Wildman–Crippen MR) is 179 cm³/mol. The Labute approximate surface area is 276 Å². The van der Waals surface area contributed by atoms with Crippen LogP contribution in [0, 0.1) is 0 Å². The summed E-state index contributed by atoms with van der Waals surface area (Å²) in [5.74, 6) is 1.58. The van der Waals surface area contributed by atoms with Gasteiger partial charge in [-0.15, -0.1) is 11.8 Å². The molecule has 0 aliphatic carbocycles. The van der Waals surface area contributed by atoms with Crippen LogP contribution in [0.1, 0.15) is 23.3 Å². The van der Waals surface area contributed by atoms with E-state index in [4.69, 9.17) is 26.2 Å². The Morgan fingerprint density at radius 2 is 1.59 bits per heavy atom. The molecule has 1 atom stereocenters. The van der Waals surface area contributed by atoms with Crippen molar-refractivity contribution in [2.24, 2.45) is 0 Å². The van der Waals surface area contributed by atoms with Gasteiger partial charge in [0.25, 0.3) is 0 Å². The third-order valence-corrected chi connectivity index (χ3v) is 9.80. The van der Waals surface area contributed by atoms with Gasteiger partial charge in [-0.1, -0.05) is 41.9 Å². The molecule has 0 bridgehead atoms. The second kappa shape index (κ2) is 13.5. The molecular formula is C34H34ClN5O5S. The van der Waals surface area contributed by atoms with Crippen molar-refractivity contribution in [2.75, 3.05) is 57.6 Å². The van der Waals surface area contributed by atoms with E-state index in [0.29, 0.717) is 59.9 Å². The van der Waals surface area contributed by atoms with Crippen LogP contribution in [0.2, 0.25) is 5.02 Å². The van der Waals surface area contributed by atoms with Crippen LogP contribution in [0.5, 0.6) is 11.5 Å². The van der Waals surface area contributed by atoms with Gasteiger partial charge in [0.1, 0.15) is 23.9 Å². The molecule has 0 spiro atoms. The Kier molecular flexibility index (Phi) is 9.23. The van der Waals surface area contributed by atoms with Gasteiger partial charge >= 0.3 is 0 Å². The van der Waals surface area contributed by atoms with E-state index >= 15 is 0 Å². The van der Waals surface area contributed by atoms with E-state index in [0.717, 1.165) is 16.7 Å². The average Bonchev–Trinajstić information content (AvgIpc) is 3.41. The minimum absolute atomic E-state index is 0.0167. The lowest BCUT2D eigenvalue weighted by atomic mass is 9.99. The normalized spacial score (nSPS) is 16.6. The molecule has 3 heterocycles. The fourth-order valence-electron chi connectivity index (χ4n) is 5.88. The number of aromatic nitrogens is 2. The first kappa shape index (κ1) is 31.5. The van der Waals surface area contributed by atoms with Crippen LogP contribution >= 0.6 is 23.4 Å². The van der Waals surface area contributed by atoms with Crippen molar-refractivity contribution in [3.8, 4) is 28.4 Å². The van der Waals surface area contributed by atoms with Crippen molar-refractivity contribution in [2.45, 2.75) is 12.2 Å². The lowest BCUT2D eigenvalue weighted by Crippen LogP contribution is -2.53. The van der Waals surface area contributed by atoms with Gasteiger partial charge < -0.3 is 19.3 Å². The van der Waals surface area contributed by atoms with Crippen molar-refractivity contribution in [1.82, 2.24) is 19.6 Å². The number of ether oxygens (including phenoxy) is 2. The maximum absolute atomic E-state index is 14.1. The van der Waals surface area contributed by atoms with E-state index in [1.54, 1.807) is 33.6 Å². The number of fused-ring (bicyclic) bond motifs is 1. The van der Waals surface area contributed by atoms with Crippen LogP contribution in [0.15, 0.2) is 72.8 Å². The minimum Gasteiger partial charge on any atom is -0.497 e. The highest BCUT2D eigenvalue weighted by molar-refractivity contribution is 8.00. The number of carbonyl (C=O) groups excluding carboxylic acids is 3. The van der Waals surface area contributed by atoms with E-state index in [1.165, 1.54) is 18.7 Å². The molecule has 0 N–H and O–H groups in total. The molecule has 0 radical (unpaired) electrons. The number of anilines is 1. The molecule has 1 saturated heterocycles. The number of methoxy groups -OCH3 is 2. The summed E-state index contributed by atoms with van der Waals surface area (Å²) in [5.41, 5.74) is 3.85. The molecule has 4 aromatic rings. The summed E-state index contributed by atoms with van der Waals surface area (Å²) in [5, 5.41) is 5.38. The van der Waals surface area contributed by atoms with E-state index in [9.17, 15) is 14.4 Å². The summed E-state index contributed by atoms with van der Waals surface area (Å²) in [7, 11) is 3.23. The number of hydrogen-bond donors (Lipinski definition) is 0. The van der Waals surface area contributed by atoms with Crippen LogP contribution in [0.25, 0.3) is 16.9 Å². The van der Waals surface area contributed by atoms with Crippen molar-refractivity contribution in [3.63, 3.8) is 0 Å². The van der Waals surface area contributed by atoms with Crippen molar-refractivity contribution in [3.05, 3.63) is 88.9 Å². The molecular weight excluding hydrogens is 626 g/mol. The fraction of sp³-hybridized carbons (Fsp3) is 0.294.